The van der Waals surface area contributed by atoms with E-state index in [2.05, 4.69) is 284 Å². The second-order valence-corrected chi connectivity index (χ2v) is 18.4. The van der Waals surface area contributed by atoms with E-state index in [1.54, 1.807) is 0 Å². The van der Waals surface area contributed by atoms with E-state index in [1.165, 1.54) is 49.6 Å². The van der Waals surface area contributed by atoms with Gasteiger partial charge < -0.3 is 4.57 Å². The third-order valence-electron chi connectivity index (χ3n) is 13.9. The van der Waals surface area contributed by atoms with Crippen LogP contribution in [0.4, 0.5) is 0 Å². The first kappa shape index (κ1) is 43.3. The van der Waals surface area contributed by atoms with Crippen molar-refractivity contribution in [2.24, 2.45) is 0 Å². The third kappa shape index (κ3) is 8.47. The maximum Gasteiger partial charge on any atom is 0.164 e. The molecular weight excluding hydrogens is 885 g/mol. The summed E-state index contributed by atoms with van der Waals surface area (Å²) in [5, 5.41) is 2.48. The average molecular weight is 931 g/mol. The number of aromatic nitrogens is 4. The van der Waals surface area contributed by atoms with Crippen LogP contribution in [-0.4, -0.2) is 19.5 Å². The van der Waals surface area contributed by atoms with E-state index in [-0.39, 0.29) is 0 Å². The van der Waals surface area contributed by atoms with E-state index < -0.39 is 0 Å². The minimum absolute atomic E-state index is 0.600. The topological polar surface area (TPSA) is 43.6 Å². The summed E-state index contributed by atoms with van der Waals surface area (Å²) in [5.41, 5.74) is 19.8. The lowest BCUT2D eigenvalue weighted by Crippen LogP contribution is -2.01. The van der Waals surface area contributed by atoms with E-state index >= 15 is 0 Å². The van der Waals surface area contributed by atoms with Crippen LogP contribution in [0.3, 0.4) is 0 Å². The number of fused-ring (bicyclic) bond motifs is 3. The van der Waals surface area contributed by atoms with Gasteiger partial charge in [-0.25, -0.2) is 15.0 Å². The largest absolute Gasteiger partial charge is 0.309 e. The standard InChI is InChI=1S/C69H46N4/c1-3-18-47(19-4-1)51-22-13-25-54(42-51)55-26-14-23-52(43-55)49-38-40-50(41-39-49)67-70-68(72-69(71-67)64-35-8-7-32-61(64)58-29-15-24-53(44-58)48-20-5-2-6-21-48)59-30-16-27-56(45-59)57-28-17-31-60(46-57)73-65-36-11-9-33-62(65)63-34-10-12-37-66(63)73/h1-46H. The highest BCUT2D eigenvalue weighted by atomic mass is 15.0. The molecule has 0 N–H and O–H groups in total. The molecule has 0 unspecified atom stereocenters. The molecule has 13 rings (SSSR count). The fourth-order valence-corrected chi connectivity index (χ4v) is 10.2. The van der Waals surface area contributed by atoms with Gasteiger partial charge in [-0.15, -0.1) is 0 Å². The smallest absolute Gasteiger partial charge is 0.164 e. The van der Waals surface area contributed by atoms with Gasteiger partial charge in [-0.05, 0) is 115 Å². The van der Waals surface area contributed by atoms with Crippen molar-refractivity contribution in [1.29, 1.82) is 0 Å². The Balaban J connectivity index is 0.899. The van der Waals surface area contributed by atoms with Crippen molar-refractivity contribution in [2.45, 2.75) is 0 Å². The maximum absolute atomic E-state index is 5.33. The van der Waals surface area contributed by atoms with Gasteiger partial charge in [0.15, 0.2) is 17.5 Å². The van der Waals surface area contributed by atoms with Crippen molar-refractivity contribution in [2.75, 3.05) is 0 Å². The predicted molar refractivity (Wildman–Crippen MR) is 303 cm³/mol. The lowest BCUT2D eigenvalue weighted by molar-refractivity contribution is 1.07. The predicted octanol–water partition coefficient (Wildman–Crippen LogP) is 18.0. The fourth-order valence-electron chi connectivity index (χ4n) is 10.2. The van der Waals surface area contributed by atoms with Crippen LogP contribution in [0.5, 0.6) is 0 Å². The van der Waals surface area contributed by atoms with Crippen LogP contribution in [0.25, 0.3) is 128 Å². The molecule has 11 aromatic carbocycles. The normalized spacial score (nSPS) is 11.3. The first-order valence-electron chi connectivity index (χ1n) is 24.7. The Kier molecular flexibility index (Phi) is 11.2. The van der Waals surface area contributed by atoms with Gasteiger partial charge in [0.1, 0.15) is 0 Å². The molecule has 0 aliphatic rings. The summed E-state index contributed by atoms with van der Waals surface area (Å²) in [4.78, 5) is 15.9. The van der Waals surface area contributed by atoms with Crippen LogP contribution in [0.1, 0.15) is 0 Å². The van der Waals surface area contributed by atoms with E-state index in [1.807, 2.05) is 0 Å². The number of hydrogen-bond acceptors (Lipinski definition) is 3. The first-order chi connectivity index (χ1) is 36.2. The lowest BCUT2D eigenvalue weighted by atomic mass is 9.95. The maximum atomic E-state index is 5.33. The van der Waals surface area contributed by atoms with E-state index in [0.717, 1.165) is 61.3 Å². The zero-order valence-electron chi connectivity index (χ0n) is 39.8. The summed E-state index contributed by atoms with van der Waals surface area (Å²) in [6.07, 6.45) is 0. The highest BCUT2D eigenvalue weighted by Gasteiger charge is 2.18. The molecule has 4 heteroatoms. The Morgan fingerprint density at radius 2 is 0.548 bits per heavy atom. The van der Waals surface area contributed by atoms with Crippen molar-refractivity contribution < 1.29 is 0 Å². The van der Waals surface area contributed by atoms with E-state index in [4.69, 9.17) is 15.0 Å². The van der Waals surface area contributed by atoms with Crippen molar-refractivity contribution in [1.82, 2.24) is 19.5 Å². The van der Waals surface area contributed by atoms with Crippen LogP contribution in [0.2, 0.25) is 0 Å². The zero-order chi connectivity index (χ0) is 48.5. The van der Waals surface area contributed by atoms with Gasteiger partial charge in [0.2, 0.25) is 0 Å². The molecule has 0 spiro atoms. The Morgan fingerprint density at radius 3 is 1.11 bits per heavy atom. The van der Waals surface area contributed by atoms with Crippen LogP contribution in [-0.2, 0) is 0 Å². The molecular formula is C69H46N4. The van der Waals surface area contributed by atoms with Crippen LogP contribution >= 0.6 is 0 Å². The molecule has 0 saturated carbocycles. The first-order valence-corrected chi connectivity index (χ1v) is 24.7. The van der Waals surface area contributed by atoms with Crippen molar-refractivity contribution >= 4 is 21.8 Å². The molecule has 2 aromatic heterocycles. The van der Waals surface area contributed by atoms with Crippen molar-refractivity contribution in [3.8, 4) is 107 Å². The van der Waals surface area contributed by atoms with E-state index in [0.29, 0.717) is 17.5 Å². The third-order valence-corrected chi connectivity index (χ3v) is 13.9. The summed E-state index contributed by atoms with van der Waals surface area (Å²) >= 11 is 0. The molecule has 0 amide bonds. The van der Waals surface area contributed by atoms with Gasteiger partial charge in [-0.2, -0.15) is 0 Å². The highest BCUT2D eigenvalue weighted by molar-refractivity contribution is 6.09. The molecule has 0 saturated heterocycles. The zero-order valence-corrected chi connectivity index (χ0v) is 39.8. The molecule has 2 heterocycles. The van der Waals surface area contributed by atoms with Gasteiger partial charge in [0, 0.05) is 33.2 Å². The van der Waals surface area contributed by atoms with Crippen molar-refractivity contribution in [3.63, 3.8) is 0 Å². The molecule has 4 nitrogen and oxygen atoms in total. The molecule has 13 aromatic rings. The van der Waals surface area contributed by atoms with Crippen LogP contribution in [0, 0.1) is 0 Å². The van der Waals surface area contributed by atoms with Crippen molar-refractivity contribution in [3.05, 3.63) is 279 Å². The Morgan fingerprint density at radius 1 is 0.205 bits per heavy atom. The lowest BCUT2D eigenvalue weighted by Gasteiger charge is -2.14. The molecule has 73 heavy (non-hydrogen) atoms. The van der Waals surface area contributed by atoms with E-state index in [9.17, 15) is 0 Å². The second-order valence-electron chi connectivity index (χ2n) is 18.4. The molecule has 0 radical (unpaired) electrons. The minimum atomic E-state index is 0.600. The number of hydrogen-bond donors (Lipinski definition) is 0. The number of benzene rings is 11. The molecule has 0 fully saturated rings. The molecule has 0 aliphatic carbocycles. The Labute approximate surface area is 424 Å². The number of rotatable bonds is 10. The fraction of sp³-hybridized carbons (Fsp3) is 0. The van der Waals surface area contributed by atoms with Crippen LogP contribution in [0.15, 0.2) is 279 Å². The summed E-state index contributed by atoms with van der Waals surface area (Å²) in [6.45, 7) is 0. The van der Waals surface area contributed by atoms with Gasteiger partial charge in [0.05, 0.1) is 11.0 Å². The monoisotopic (exact) mass is 930 g/mol. The molecule has 0 atom stereocenters. The molecule has 0 aliphatic heterocycles. The Hall–Kier alpha value is -9.77. The molecule has 342 valence electrons. The quantitative estimate of drug-likeness (QED) is 0.137. The Bertz CT molecular complexity index is 4080. The van der Waals surface area contributed by atoms with Gasteiger partial charge >= 0.3 is 0 Å². The number of para-hydroxylation sites is 2. The second kappa shape index (κ2) is 18.9. The highest BCUT2D eigenvalue weighted by Crippen LogP contribution is 2.38. The SMILES string of the molecule is c1ccc(-c2cccc(-c3cccc(-c4ccc(-c5nc(-c6cccc(-c7cccc(-n8c9ccccc9c9ccccc98)c7)c6)nc(-c6ccccc6-c6cccc(-c7ccccc7)c6)n5)cc4)c3)c2)cc1. The summed E-state index contributed by atoms with van der Waals surface area (Å²) < 4.78 is 2.36. The molecule has 0 bridgehead atoms. The average Bonchev–Trinajstić information content (AvgIpc) is 3.82. The summed E-state index contributed by atoms with van der Waals surface area (Å²) in [6, 6.07) is 99.0. The summed E-state index contributed by atoms with van der Waals surface area (Å²) in [5.74, 6) is 1.81. The van der Waals surface area contributed by atoms with Gasteiger partial charge in [-0.1, -0.05) is 231 Å². The van der Waals surface area contributed by atoms with Gasteiger partial charge in [0.25, 0.3) is 0 Å². The minimum Gasteiger partial charge on any atom is -0.309 e. The summed E-state index contributed by atoms with van der Waals surface area (Å²) in [7, 11) is 0. The van der Waals surface area contributed by atoms with Gasteiger partial charge in [-0.3, -0.25) is 0 Å². The van der Waals surface area contributed by atoms with Crippen LogP contribution < -0.4 is 0 Å². The number of nitrogens with zero attached hydrogens (tertiary/aromatic N) is 4.